The summed E-state index contributed by atoms with van der Waals surface area (Å²) < 4.78 is 12.8. The summed E-state index contributed by atoms with van der Waals surface area (Å²) in [5.74, 6) is -0.960. The lowest BCUT2D eigenvalue weighted by Crippen LogP contribution is -2.43. The Labute approximate surface area is 104 Å². The zero-order chi connectivity index (χ0) is 13.0. The van der Waals surface area contributed by atoms with Gasteiger partial charge in [-0.05, 0) is 25.1 Å². The zero-order valence-electron chi connectivity index (χ0n) is 9.28. The molecule has 0 aliphatic carbocycles. The molecule has 1 aromatic rings. The molecule has 2 unspecified atom stereocenters. The van der Waals surface area contributed by atoms with Crippen LogP contribution in [0.3, 0.4) is 0 Å². The van der Waals surface area contributed by atoms with Crippen molar-refractivity contribution in [2.24, 2.45) is 5.73 Å². The van der Waals surface area contributed by atoms with E-state index in [1.165, 1.54) is 13.0 Å². The summed E-state index contributed by atoms with van der Waals surface area (Å²) in [7, 11) is 0. The minimum atomic E-state index is -0.723. The highest BCUT2D eigenvalue weighted by molar-refractivity contribution is 6.33. The summed E-state index contributed by atoms with van der Waals surface area (Å²) >= 11 is 5.72. The average molecular weight is 261 g/mol. The number of nitrogens with two attached hydrogens (primary N) is 1. The fourth-order valence-corrected chi connectivity index (χ4v) is 1.40. The van der Waals surface area contributed by atoms with Crippen molar-refractivity contribution in [2.45, 2.75) is 19.1 Å². The van der Waals surface area contributed by atoms with Crippen LogP contribution in [0.25, 0.3) is 0 Å². The fraction of sp³-hybridized carbons (Fsp3) is 0.364. The predicted molar refractivity (Wildman–Crippen MR) is 63.4 cm³/mol. The minimum absolute atomic E-state index is 0.0353. The third-order valence-corrected chi connectivity index (χ3v) is 2.61. The average Bonchev–Trinajstić information content (AvgIpc) is 2.25. The quantitative estimate of drug-likeness (QED) is 0.753. The van der Waals surface area contributed by atoms with Gasteiger partial charge in [0.25, 0.3) is 5.91 Å². The molecule has 0 aliphatic rings. The Morgan fingerprint density at radius 2 is 2.29 bits per heavy atom. The van der Waals surface area contributed by atoms with Crippen LogP contribution in [0.5, 0.6) is 0 Å². The van der Waals surface area contributed by atoms with Gasteiger partial charge in [0.15, 0.2) is 0 Å². The molecule has 17 heavy (non-hydrogen) atoms. The summed E-state index contributed by atoms with van der Waals surface area (Å²) in [5, 5.41) is 11.7. The molecule has 1 aromatic carbocycles. The predicted octanol–water partition coefficient (Wildman–Crippen LogP) is 0.917. The lowest BCUT2D eigenvalue weighted by Gasteiger charge is -2.15. The van der Waals surface area contributed by atoms with Gasteiger partial charge in [0, 0.05) is 12.6 Å². The van der Waals surface area contributed by atoms with Crippen LogP contribution in [-0.2, 0) is 0 Å². The lowest BCUT2D eigenvalue weighted by atomic mass is 10.1. The van der Waals surface area contributed by atoms with Crippen LogP contribution in [-0.4, -0.2) is 29.7 Å². The molecule has 0 aliphatic heterocycles. The van der Waals surface area contributed by atoms with E-state index in [2.05, 4.69) is 5.32 Å². The Kier molecular flexibility index (Phi) is 4.86. The van der Waals surface area contributed by atoms with Gasteiger partial charge in [-0.1, -0.05) is 11.6 Å². The summed E-state index contributed by atoms with van der Waals surface area (Å²) in [6.45, 7) is 1.64. The van der Waals surface area contributed by atoms with Crippen LogP contribution in [0, 0.1) is 5.82 Å². The Balaban J connectivity index is 2.64. The van der Waals surface area contributed by atoms with Gasteiger partial charge in [0.05, 0.1) is 16.7 Å². The van der Waals surface area contributed by atoms with Crippen molar-refractivity contribution in [1.29, 1.82) is 0 Å². The number of aliphatic hydroxyl groups excluding tert-OH is 1. The van der Waals surface area contributed by atoms with Crippen LogP contribution in [0.4, 0.5) is 4.39 Å². The monoisotopic (exact) mass is 260 g/mol. The molecule has 94 valence electrons. The highest BCUT2D eigenvalue weighted by Crippen LogP contribution is 2.16. The Morgan fingerprint density at radius 1 is 1.65 bits per heavy atom. The first-order valence-electron chi connectivity index (χ1n) is 5.08. The van der Waals surface area contributed by atoms with E-state index in [0.29, 0.717) is 0 Å². The molecular formula is C11H14ClFN2O2. The number of hydrogen-bond donors (Lipinski definition) is 3. The van der Waals surface area contributed by atoms with Crippen molar-refractivity contribution in [1.82, 2.24) is 5.32 Å². The van der Waals surface area contributed by atoms with Crippen molar-refractivity contribution in [3.63, 3.8) is 0 Å². The molecule has 1 amide bonds. The van der Waals surface area contributed by atoms with Gasteiger partial charge in [0.2, 0.25) is 0 Å². The molecule has 1 rings (SSSR count). The number of nitrogens with one attached hydrogen (secondary N) is 1. The smallest absolute Gasteiger partial charge is 0.252 e. The molecule has 4 nitrogen and oxygen atoms in total. The van der Waals surface area contributed by atoms with Gasteiger partial charge in [-0.2, -0.15) is 0 Å². The van der Waals surface area contributed by atoms with E-state index in [9.17, 15) is 9.18 Å². The molecular weight excluding hydrogens is 247 g/mol. The number of benzene rings is 1. The third kappa shape index (κ3) is 3.96. The number of aliphatic hydroxyl groups is 1. The molecule has 0 aromatic heterocycles. The standard InChI is InChI=1S/C11H14ClFN2O2/c1-6(16)10(14)5-15-11(17)8-3-2-7(13)4-9(8)12/h2-4,6,10,16H,5,14H2,1H3,(H,15,17). The van der Waals surface area contributed by atoms with Gasteiger partial charge in [-0.25, -0.2) is 4.39 Å². The molecule has 0 saturated heterocycles. The molecule has 0 radical (unpaired) electrons. The first-order chi connectivity index (χ1) is 7.91. The molecule has 0 fully saturated rings. The van der Waals surface area contributed by atoms with Gasteiger partial charge >= 0.3 is 0 Å². The highest BCUT2D eigenvalue weighted by Gasteiger charge is 2.14. The molecule has 2 atom stereocenters. The van der Waals surface area contributed by atoms with Gasteiger partial charge in [-0.15, -0.1) is 0 Å². The maximum atomic E-state index is 12.8. The van der Waals surface area contributed by atoms with Crippen molar-refractivity contribution in [3.05, 3.63) is 34.6 Å². The number of amides is 1. The molecule has 6 heteroatoms. The minimum Gasteiger partial charge on any atom is -0.392 e. The molecule has 0 saturated carbocycles. The Bertz CT molecular complexity index is 412. The largest absolute Gasteiger partial charge is 0.392 e. The normalized spacial score (nSPS) is 14.2. The van der Waals surface area contributed by atoms with Crippen molar-refractivity contribution < 1.29 is 14.3 Å². The first-order valence-corrected chi connectivity index (χ1v) is 5.46. The van der Waals surface area contributed by atoms with Crippen LogP contribution in [0.15, 0.2) is 18.2 Å². The fourth-order valence-electron chi connectivity index (χ4n) is 1.15. The molecule has 0 heterocycles. The van der Waals surface area contributed by atoms with Gasteiger partial charge in [0.1, 0.15) is 5.82 Å². The zero-order valence-corrected chi connectivity index (χ0v) is 10.0. The summed E-state index contributed by atoms with van der Waals surface area (Å²) in [6.07, 6.45) is -0.723. The topological polar surface area (TPSA) is 75.3 Å². The van der Waals surface area contributed by atoms with Crippen LogP contribution >= 0.6 is 11.6 Å². The number of hydrogen-bond acceptors (Lipinski definition) is 3. The number of carbonyl (C=O) groups is 1. The number of halogens is 2. The summed E-state index contributed by atoms with van der Waals surface area (Å²) in [6, 6.07) is 2.94. The van der Waals surface area contributed by atoms with E-state index >= 15 is 0 Å². The highest BCUT2D eigenvalue weighted by atomic mass is 35.5. The Morgan fingerprint density at radius 3 is 2.82 bits per heavy atom. The van der Waals surface area contributed by atoms with Crippen molar-refractivity contribution in [2.75, 3.05) is 6.54 Å². The van der Waals surface area contributed by atoms with E-state index in [4.69, 9.17) is 22.4 Å². The summed E-state index contributed by atoms with van der Waals surface area (Å²) in [5.41, 5.74) is 5.72. The second kappa shape index (κ2) is 5.95. The molecule has 0 bridgehead atoms. The first kappa shape index (κ1) is 13.9. The second-order valence-electron chi connectivity index (χ2n) is 3.74. The molecule has 4 N–H and O–H groups in total. The van der Waals surface area contributed by atoms with Gasteiger partial charge < -0.3 is 16.2 Å². The van der Waals surface area contributed by atoms with E-state index in [0.717, 1.165) is 12.1 Å². The van der Waals surface area contributed by atoms with E-state index < -0.39 is 23.9 Å². The Hall–Kier alpha value is -1.17. The lowest BCUT2D eigenvalue weighted by molar-refractivity contribution is 0.0937. The van der Waals surface area contributed by atoms with Crippen molar-refractivity contribution in [3.8, 4) is 0 Å². The molecule has 0 spiro atoms. The van der Waals surface area contributed by atoms with Crippen LogP contribution < -0.4 is 11.1 Å². The summed E-state index contributed by atoms with van der Waals surface area (Å²) in [4.78, 5) is 11.6. The van der Waals surface area contributed by atoms with E-state index in [1.807, 2.05) is 0 Å². The van der Waals surface area contributed by atoms with E-state index in [1.54, 1.807) is 0 Å². The van der Waals surface area contributed by atoms with E-state index in [-0.39, 0.29) is 17.1 Å². The SMILES string of the molecule is CC(O)C(N)CNC(=O)c1ccc(F)cc1Cl. The third-order valence-electron chi connectivity index (χ3n) is 2.29. The van der Waals surface area contributed by atoms with Crippen LogP contribution in [0.1, 0.15) is 17.3 Å². The van der Waals surface area contributed by atoms with Crippen molar-refractivity contribution >= 4 is 17.5 Å². The maximum Gasteiger partial charge on any atom is 0.252 e. The maximum absolute atomic E-state index is 12.8. The van der Waals surface area contributed by atoms with Crippen LogP contribution in [0.2, 0.25) is 5.02 Å². The second-order valence-corrected chi connectivity index (χ2v) is 4.15. The number of rotatable bonds is 4. The van der Waals surface area contributed by atoms with Gasteiger partial charge in [-0.3, -0.25) is 4.79 Å². The number of carbonyl (C=O) groups excluding carboxylic acids is 1.